The Morgan fingerprint density at radius 3 is 2.58 bits per heavy atom. The number of ether oxygens (including phenoxy) is 1. The van der Waals surface area contributed by atoms with Crippen LogP contribution in [-0.4, -0.2) is 41.1 Å². The molecule has 0 saturated heterocycles. The van der Waals surface area contributed by atoms with Gasteiger partial charge in [0, 0.05) is 6.42 Å². The average molecular weight is 332 g/mol. The third-order valence-electron chi connectivity index (χ3n) is 4.04. The molecular weight excluding hydrogens is 308 g/mol. The molecule has 1 aromatic carbocycles. The highest BCUT2D eigenvalue weighted by Gasteiger charge is 2.47. The molecule has 1 aromatic rings. The molecule has 0 fully saturated rings. The molecule has 2 rings (SSSR count). The van der Waals surface area contributed by atoms with Crippen LogP contribution in [0, 0.1) is 5.92 Å². The fourth-order valence-electron chi connectivity index (χ4n) is 2.88. The minimum absolute atomic E-state index is 0.0961. The van der Waals surface area contributed by atoms with Crippen molar-refractivity contribution in [2.45, 2.75) is 45.2 Å². The molecule has 0 aliphatic carbocycles. The van der Waals surface area contributed by atoms with Crippen molar-refractivity contribution in [1.29, 1.82) is 0 Å². The van der Waals surface area contributed by atoms with Crippen molar-refractivity contribution in [3.63, 3.8) is 0 Å². The van der Waals surface area contributed by atoms with Gasteiger partial charge in [-0.05, 0) is 18.4 Å². The van der Waals surface area contributed by atoms with E-state index in [1.165, 1.54) is 0 Å². The van der Waals surface area contributed by atoms with Crippen molar-refractivity contribution in [1.82, 2.24) is 5.32 Å². The number of carbonyl (C=O) groups is 2. The van der Waals surface area contributed by atoms with Crippen LogP contribution in [0.25, 0.3) is 0 Å². The number of carbonyl (C=O) groups excluding carboxylic acids is 1. The summed E-state index contributed by atoms with van der Waals surface area (Å²) in [5.74, 6) is -0.928. The van der Waals surface area contributed by atoms with Crippen molar-refractivity contribution < 1.29 is 19.4 Å². The number of aliphatic carboxylic acids is 1. The molecule has 2 atom stereocenters. The number of nitrogens with zero attached hydrogens (tertiary/aromatic N) is 1. The van der Waals surface area contributed by atoms with E-state index < -0.39 is 11.5 Å². The van der Waals surface area contributed by atoms with Crippen molar-refractivity contribution in [3.05, 3.63) is 35.9 Å². The minimum Gasteiger partial charge on any atom is -0.481 e. The molecule has 0 saturated carbocycles. The summed E-state index contributed by atoms with van der Waals surface area (Å²) in [5.41, 5.74) is -0.528. The Bertz CT molecular complexity index is 627. The summed E-state index contributed by atoms with van der Waals surface area (Å²) in [4.78, 5) is 28.7. The van der Waals surface area contributed by atoms with E-state index in [1.807, 2.05) is 51.1 Å². The molecule has 130 valence electrons. The first-order valence-corrected chi connectivity index (χ1v) is 8.17. The Balaban J connectivity index is 2.47. The molecule has 1 amide bonds. The zero-order chi connectivity index (χ0) is 17.7. The number of hydrogen-bond acceptors (Lipinski definition) is 4. The third-order valence-corrected chi connectivity index (χ3v) is 4.04. The molecule has 6 nitrogen and oxygen atoms in total. The maximum atomic E-state index is 12.8. The molecule has 6 heteroatoms. The van der Waals surface area contributed by atoms with Gasteiger partial charge < -0.3 is 15.2 Å². The van der Waals surface area contributed by atoms with E-state index in [-0.39, 0.29) is 30.7 Å². The van der Waals surface area contributed by atoms with Crippen molar-refractivity contribution >= 4 is 17.8 Å². The first-order valence-electron chi connectivity index (χ1n) is 8.17. The lowest BCUT2D eigenvalue weighted by atomic mass is 9.84. The van der Waals surface area contributed by atoms with Crippen LogP contribution >= 0.6 is 0 Å². The minimum atomic E-state index is -1.39. The van der Waals surface area contributed by atoms with E-state index in [4.69, 9.17) is 4.74 Å². The third kappa shape index (κ3) is 3.93. The van der Waals surface area contributed by atoms with Gasteiger partial charge in [-0.1, -0.05) is 44.2 Å². The predicted molar refractivity (Wildman–Crippen MR) is 91.0 cm³/mol. The summed E-state index contributed by atoms with van der Waals surface area (Å²) in [5, 5.41) is 12.2. The molecule has 0 aromatic heterocycles. The number of hydrogen-bond donors (Lipinski definition) is 2. The molecule has 1 aliphatic rings. The summed E-state index contributed by atoms with van der Waals surface area (Å²) in [6.07, 6.45) is -0.164. The number of carboxylic acids is 1. The molecule has 24 heavy (non-hydrogen) atoms. The van der Waals surface area contributed by atoms with E-state index >= 15 is 0 Å². The number of amides is 1. The zero-order valence-electron chi connectivity index (χ0n) is 14.3. The SMILES string of the molecule is CCOC1=N[C@@](CC(=O)O)(Cc2ccccc2)C(=O)N[C@H]1C(C)C. The Morgan fingerprint density at radius 2 is 2.04 bits per heavy atom. The molecule has 0 bridgehead atoms. The number of benzene rings is 1. The van der Waals surface area contributed by atoms with Gasteiger partial charge in [0.15, 0.2) is 5.54 Å². The van der Waals surface area contributed by atoms with Gasteiger partial charge in [0.05, 0.1) is 13.0 Å². The Labute approximate surface area is 141 Å². The van der Waals surface area contributed by atoms with Gasteiger partial charge in [0.1, 0.15) is 6.04 Å². The lowest BCUT2D eigenvalue weighted by Gasteiger charge is -2.37. The summed E-state index contributed by atoms with van der Waals surface area (Å²) in [6, 6.07) is 8.97. The largest absolute Gasteiger partial charge is 0.481 e. The Kier molecular flexibility index (Phi) is 5.59. The van der Waals surface area contributed by atoms with Crippen LogP contribution < -0.4 is 5.32 Å². The molecule has 0 spiro atoms. The molecule has 0 radical (unpaired) electrons. The van der Waals surface area contributed by atoms with Gasteiger partial charge >= 0.3 is 5.97 Å². The lowest BCUT2D eigenvalue weighted by molar-refractivity contribution is -0.142. The van der Waals surface area contributed by atoms with Gasteiger partial charge in [0.2, 0.25) is 11.8 Å². The standard InChI is InChI=1S/C18H24N2O4/c1-4-24-16-15(12(2)3)19-17(23)18(20-16,11-14(21)22)10-13-8-6-5-7-9-13/h5-9,12,15H,4,10-11H2,1-3H3,(H,19,23)(H,21,22)/t15-,18+/m0/s1. The quantitative estimate of drug-likeness (QED) is 0.834. The van der Waals surface area contributed by atoms with E-state index in [0.29, 0.717) is 12.5 Å². The number of rotatable bonds is 6. The van der Waals surface area contributed by atoms with E-state index in [0.717, 1.165) is 5.56 Å². The normalized spacial score (nSPS) is 23.6. The van der Waals surface area contributed by atoms with Crippen LogP contribution in [-0.2, 0) is 20.7 Å². The summed E-state index contributed by atoms with van der Waals surface area (Å²) < 4.78 is 5.62. The highest BCUT2D eigenvalue weighted by atomic mass is 16.5. The second-order valence-electron chi connectivity index (χ2n) is 6.34. The highest BCUT2D eigenvalue weighted by molar-refractivity contribution is 6.00. The molecule has 1 heterocycles. The van der Waals surface area contributed by atoms with Crippen molar-refractivity contribution in [2.75, 3.05) is 6.61 Å². The lowest BCUT2D eigenvalue weighted by Crippen LogP contribution is -2.60. The topological polar surface area (TPSA) is 88.0 Å². The monoisotopic (exact) mass is 332 g/mol. The summed E-state index contributed by atoms with van der Waals surface area (Å²) in [7, 11) is 0. The maximum absolute atomic E-state index is 12.8. The maximum Gasteiger partial charge on any atom is 0.306 e. The van der Waals surface area contributed by atoms with Crippen molar-refractivity contribution in [3.8, 4) is 0 Å². The second kappa shape index (κ2) is 7.47. The Morgan fingerprint density at radius 1 is 1.38 bits per heavy atom. The van der Waals surface area contributed by atoms with Crippen molar-refractivity contribution in [2.24, 2.45) is 10.9 Å². The van der Waals surface area contributed by atoms with Crippen LogP contribution in [0.5, 0.6) is 0 Å². The van der Waals surface area contributed by atoms with Crippen LogP contribution in [0.4, 0.5) is 0 Å². The van der Waals surface area contributed by atoms with Crippen LogP contribution in [0.3, 0.4) is 0 Å². The van der Waals surface area contributed by atoms with Crippen LogP contribution in [0.2, 0.25) is 0 Å². The predicted octanol–water partition coefficient (Wildman–Crippen LogP) is 2.03. The molecule has 1 aliphatic heterocycles. The van der Waals surface area contributed by atoms with Gasteiger partial charge in [-0.2, -0.15) is 0 Å². The fourth-order valence-corrected chi connectivity index (χ4v) is 2.88. The zero-order valence-corrected chi connectivity index (χ0v) is 14.3. The van der Waals surface area contributed by atoms with E-state index in [2.05, 4.69) is 10.3 Å². The smallest absolute Gasteiger partial charge is 0.306 e. The number of aliphatic imine (C=N–C) groups is 1. The van der Waals surface area contributed by atoms with E-state index in [9.17, 15) is 14.7 Å². The average Bonchev–Trinajstić information content (AvgIpc) is 2.51. The van der Waals surface area contributed by atoms with E-state index in [1.54, 1.807) is 0 Å². The van der Waals surface area contributed by atoms with Gasteiger partial charge in [-0.15, -0.1) is 0 Å². The second-order valence-corrected chi connectivity index (χ2v) is 6.34. The highest BCUT2D eigenvalue weighted by Crippen LogP contribution is 2.28. The fraction of sp³-hybridized carbons (Fsp3) is 0.500. The van der Waals surface area contributed by atoms with Gasteiger partial charge in [-0.25, -0.2) is 4.99 Å². The molecule has 2 N–H and O–H groups in total. The first-order chi connectivity index (χ1) is 11.4. The summed E-state index contributed by atoms with van der Waals surface area (Å²) in [6.45, 7) is 6.17. The van der Waals surface area contributed by atoms with Crippen LogP contribution in [0.1, 0.15) is 32.8 Å². The number of nitrogens with one attached hydrogen (secondary N) is 1. The first kappa shape index (κ1) is 18.0. The molecular formula is C18H24N2O4. The van der Waals surface area contributed by atoms with Crippen LogP contribution in [0.15, 0.2) is 35.3 Å². The molecule has 0 unspecified atom stereocenters. The van der Waals surface area contributed by atoms with Gasteiger partial charge in [-0.3, -0.25) is 9.59 Å². The Hall–Kier alpha value is -2.37. The summed E-state index contributed by atoms with van der Waals surface area (Å²) >= 11 is 0. The number of carboxylic acid groups (broad SMARTS) is 1. The van der Waals surface area contributed by atoms with Gasteiger partial charge in [0.25, 0.3) is 0 Å².